The van der Waals surface area contributed by atoms with Crippen LogP contribution >= 0.6 is 0 Å². The minimum Gasteiger partial charge on any atom is -0.486 e. The molecule has 29 heavy (non-hydrogen) atoms. The van der Waals surface area contributed by atoms with Crippen LogP contribution in [0.5, 0.6) is 11.5 Å². The highest BCUT2D eigenvalue weighted by atomic mass is 16.6. The summed E-state index contributed by atoms with van der Waals surface area (Å²) in [4.78, 5) is 14.6. The molecule has 0 spiro atoms. The molecule has 2 aliphatic heterocycles. The Bertz CT molecular complexity index is 1130. The molecule has 2 aliphatic rings. The summed E-state index contributed by atoms with van der Waals surface area (Å²) >= 11 is 0. The molecule has 5 rings (SSSR count). The largest absolute Gasteiger partial charge is 0.486 e. The van der Waals surface area contributed by atoms with Gasteiger partial charge in [0.25, 0.3) is 0 Å². The first-order valence-electron chi connectivity index (χ1n) is 10.3. The van der Waals surface area contributed by atoms with E-state index in [0.29, 0.717) is 24.8 Å². The average molecular weight is 391 g/mol. The van der Waals surface area contributed by atoms with Crippen molar-refractivity contribution in [3.05, 3.63) is 69.1 Å². The number of ether oxygens (including phenoxy) is 2. The Morgan fingerprint density at radius 3 is 2.66 bits per heavy atom. The molecular weight excluding hydrogens is 366 g/mol. The van der Waals surface area contributed by atoms with Crippen molar-refractivity contribution in [1.82, 2.24) is 4.90 Å². The number of rotatable bonds is 3. The lowest BCUT2D eigenvalue weighted by Gasteiger charge is -2.27. The second-order valence-electron chi connectivity index (χ2n) is 8.05. The van der Waals surface area contributed by atoms with Crippen LogP contribution in [0, 0.1) is 13.8 Å². The van der Waals surface area contributed by atoms with Gasteiger partial charge in [-0.3, -0.25) is 4.90 Å². The summed E-state index contributed by atoms with van der Waals surface area (Å²) in [6.07, 6.45) is 2.23. The van der Waals surface area contributed by atoms with Gasteiger partial charge in [-0.05, 0) is 79.8 Å². The molecular formula is C24H25NO4. The maximum Gasteiger partial charge on any atom is 0.336 e. The molecule has 1 saturated heterocycles. The van der Waals surface area contributed by atoms with Gasteiger partial charge in [0.1, 0.15) is 18.8 Å². The van der Waals surface area contributed by atoms with Gasteiger partial charge in [0.15, 0.2) is 11.5 Å². The number of nitrogens with zero attached hydrogens (tertiary/aromatic N) is 1. The molecule has 1 aromatic heterocycles. The Balaban J connectivity index is 1.49. The predicted octanol–water partition coefficient (Wildman–Crippen LogP) is 4.52. The maximum atomic E-state index is 12.2. The lowest BCUT2D eigenvalue weighted by atomic mass is 10.0. The first-order chi connectivity index (χ1) is 14.1. The number of hydrogen-bond donors (Lipinski definition) is 0. The van der Waals surface area contributed by atoms with Crippen molar-refractivity contribution in [2.75, 3.05) is 19.8 Å². The molecule has 0 amide bonds. The number of likely N-dealkylation sites (tertiary alicyclic amines) is 1. The summed E-state index contributed by atoms with van der Waals surface area (Å²) < 4.78 is 16.9. The third-order valence-corrected chi connectivity index (χ3v) is 6.13. The van der Waals surface area contributed by atoms with Crippen LogP contribution in [0.2, 0.25) is 0 Å². The molecule has 0 radical (unpaired) electrons. The zero-order valence-electron chi connectivity index (χ0n) is 16.9. The van der Waals surface area contributed by atoms with Crippen molar-refractivity contribution < 1.29 is 13.9 Å². The number of aryl methyl sites for hydroxylation is 2. The molecule has 150 valence electrons. The maximum absolute atomic E-state index is 12.2. The highest BCUT2D eigenvalue weighted by Gasteiger charge is 2.28. The molecule has 0 unspecified atom stereocenters. The van der Waals surface area contributed by atoms with E-state index < -0.39 is 0 Å². The Morgan fingerprint density at radius 1 is 1.00 bits per heavy atom. The number of benzene rings is 2. The average Bonchev–Trinajstić information content (AvgIpc) is 3.17. The summed E-state index contributed by atoms with van der Waals surface area (Å²) in [5.74, 6) is 1.65. The van der Waals surface area contributed by atoms with E-state index in [4.69, 9.17) is 13.9 Å². The van der Waals surface area contributed by atoms with Crippen LogP contribution in [0.15, 0.2) is 45.6 Å². The third-order valence-electron chi connectivity index (χ3n) is 6.13. The molecule has 0 saturated carbocycles. The quantitative estimate of drug-likeness (QED) is 0.615. The van der Waals surface area contributed by atoms with E-state index >= 15 is 0 Å². The van der Waals surface area contributed by atoms with Crippen molar-refractivity contribution in [3.63, 3.8) is 0 Å². The van der Waals surface area contributed by atoms with Gasteiger partial charge in [-0.2, -0.15) is 0 Å². The smallest absolute Gasteiger partial charge is 0.336 e. The number of fused-ring (bicyclic) bond motifs is 2. The second-order valence-corrected chi connectivity index (χ2v) is 8.05. The van der Waals surface area contributed by atoms with Crippen LogP contribution in [0.3, 0.4) is 0 Å². The normalized spacial score (nSPS) is 19.0. The Labute approximate surface area is 169 Å². The van der Waals surface area contributed by atoms with Gasteiger partial charge in [0.2, 0.25) is 0 Å². The summed E-state index contributed by atoms with van der Waals surface area (Å²) in [5.41, 5.74) is 5.00. The minimum absolute atomic E-state index is 0.286. The van der Waals surface area contributed by atoms with Crippen molar-refractivity contribution in [1.29, 1.82) is 0 Å². The molecule has 5 nitrogen and oxygen atoms in total. The molecule has 2 aromatic carbocycles. The van der Waals surface area contributed by atoms with Crippen molar-refractivity contribution >= 4 is 11.0 Å². The topological polar surface area (TPSA) is 51.9 Å². The van der Waals surface area contributed by atoms with Gasteiger partial charge in [-0.1, -0.05) is 6.07 Å². The molecule has 5 heteroatoms. The zero-order chi connectivity index (χ0) is 20.0. The first-order valence-corrected chi connectivity index (χ1v) is 10.3. The van der Waals surface area contributed by atoms with Crippen molar-refractivity contribution in [3.8, 4) is 11.5 Å². The van der Waals surface area contributed by atoms with Crippen LogP contribution in [-0.2, 0) is 6.54 Å². The molecule has 0 N–H and O–H groups in total. The molecule has 1 fully saturated rings. The molecule has 1 atom stereocenters. The van der Waals surface area contributed by atoms with E-state index in [2.05, 4.69) is 30.0 Å². The van der Waals surface area contributed by atoms with Gasteiger partial charge < -0.3 is 13.9 Å². The van der Waals surface area contributed by atoms with Crippen molar-refractivity contribution in [2.24, 2.45) is 0 Å². The van der Waals surface area contributed by atoms with E-state index in [9.17, 15) is 4.79 Å². The lowest BCUT2D eigenvalue weighted by molar-refractivity contribution is 0.170. The van der Waals surface area contributed by atoms with E-state index in [1.165, 1.54) is 11.1 Å². The van der Waals surface area contributed by atoms with Crippen LogP contribution in [0.4, 0.5) is 0 Å². The Kier molecular flexibility index (Phi) is 4.55. The molecule has 3 aromatic rings. The first kappa shape index (κ1) is 18.3. The fraction of sp³-hybridized carbons (Fsp3) is 0.375. The van der Waals surface area contributed by atoms with Crippen LogP contribution in [-0.4, -0.2) is 24.7 Å². The number of hydrogen-bond acceptors (Lipinski definition) is 5. The third kappa shape index (κ3) is 3.40. The molecule has 3 heterocycles. The predicted molar refractivity (Wildman–Crippen MR) is 112 cm³/mol. The summed E-state index contributed by atoms with van der Waals surface area (Å²) in [6, 6.07) is 12.3. The zero-order valence-corrected chi connectivity index (χ0v) is 16.9. The lowest BCUT2D eigenvalue weighted by Crippen LogP contribution is -2.24. The summed E-state index contributed by atoms with van der Waals surface area (Å²) in [5, 5.41) is 1.03. The second kappa shape index (κ2) is 7.23. The highest BCUT2D eigenvalue weighted by molar-refractivity contribution is 5.81. The SMILES string of the molecule is Cc1cc2oc(=O)cc(CN3CCC[C@@H]3c3ccc4c(c3)OCCO4)c2cc1C. The van der Waals surface area contributed by atoms with E-state index in [-0.39, 0.29) is 5.63 Å². The van der Waals surface area contributed by atoms with Crippen molar-refractivity contribution in [2.45, 2.75) is 39.3 Å². The van der Waals surface area contributed by atoms with E-state index in [0.717, 1.165) is 53.9 Å². The molecule has 0 bridgehead atoms. The Hall–Kier alpha value is -2.79. The summed E-state index contributed by atoms with van der Waals surface area (Å²) in [7, 11) is 0. The van der Waals surface area contributed by atoms with Crippen LogP contribution in [0.25, 0.3) is 11.0 Å². The summed E-state index contributed by atoms with van der Waals surface area (Å²) in [6.45, 7) is 7.06. The standard InChI is InChI=1S/C24H25NO4/c1-15-10-19-18(13-24(26)29-22(19)11-16(15)2)14-25-7-3-4-20(25)17-5-6-21-23(12-17)28-9-8-27-21/h5-6,10-13,20H,3-4,7-9,14H2,1-2H3/t20-/m1/s1. The fourth-order valence-electron chi connectivity index (χ4n) is 4.49. The molecule has 0 aliphatic carbocycles. The highest BCUT2D eigenvalue weighted by Crippen LogP contribution is 2.39. The fourth-order valence-corrected chi connectivity index (χ4v) is 4.49. The van der Waals surface area contributed by atoms with Crippen LogP contribution in [0.1, 0.15) is 41.1 Å². The van der Waals surface area contributed by atoms with Gasteiger partial charge in [-0.15, -0.1) is 0 Å². The van der Waals surface area contributed by atoms with Gasteiger partial charge in [-0.25, -0.2) is 4.79 Å². The minimum atomic E-state index is -0.286. The van der Waals surface area contributed by atoms with Crippen LogP contribution < -0.4 is 15.1 Å². The van der Waals surface area contributed by atoms with Gasteiger partial charge in [0, 0.05) is 24.0 Å². The van der Waals surface area contributed by atoms with Gasteiger partial charge in [0.05, 0.1) is 0 Å². The van der Waals surface area contributed by atoms with E-state index in [1.54, 1.807) is 6.07 Å². The Morgan fingerprint density at radius 2 is 1.79 bits per heavy atom. The monoisotopic (exact) mass is 391 g/mol. The van der Waals surface area contributed by atoms with E-state index in [1.807, 2.05) is 19.1 Å². The van der Waals surface area contributed by atoms with Gasteiger partial charge >= 0.3 is 5.63 Å².